The second-order valence-corrected chi connectivity index (χ2v) is 5.46. The zero-order chi connectivity index (χ0) is 11.5. The fraction of sp³-hybridized carbons (Fsp3) is 0.538. The van der Waals surface area contributed by atoms with Gasteiger partial charge in [0, 0.05) is 12.6 Å². The van der Waals surface area contributed by atoms with Crippen molar-refractivity contribution < 1.29 is 0 Å². The van der Waals surface area contributed by atoms with Crippen LogP contribution in [0.25, 0.3) is 0 Å². The van der Waals surface area contributed by atoms with Gasteiger partial charge in [-0.2, -0.15) is 0 Å². The summed E-state index contributed by atoms with van der Waals surface area (Å²) in [4.78, 5) is 0. The second-order valence-electron chi connectivity index (χ2n) is 4.64. The maximum absolute atomic E-state index is 5.98. The molecular weight excluding hydrogens is 241 g/mol. The number of halogens is 2. The predicted molar refractivity (Wildman–Crippen MR) is 70.1 cm³/mol. The van der Waals surface area contributed by atoms with Crippen molar-refractivity contribution in [3.05, 3.63) is 33.8 Å². The minimum Gasteiger partial charge on any atom is -0.310 e. The van der Waals surface area contributed by atoms with Crippen LogP contribution in [0, 0.1) is 5.92 Å². The molecule has 0 amide bonds. The summed E-state index contributed by atoms with van der Waals surface area (Å²) in [5, 5.41) is 4.86. The van der Waals surface area contributed by atoms with Crippen molar-refractivity contribution in [2.45, 2.75) is 38.8 Å². The number of rotatable bonds is 3. The molecule has 0 aliphatic heterocycles. The van der Waals surface area contributed by atoms with Gasteiger partial charge < -0.3 is 5.32 Å². The van der Waals surface area contributed by atoms with E-state index in [1.54, 1.807) is 0 Å². The van der Waals surface area contributed by atoms with Gasteiger partial charge in [-0.25, -0.2) is 0 Å². The van der Waals surface area contributed by atoms with Crippen LogP contribution in [0.5, 0.6) is 0 Å². The summed E-state index contributed by atoms with van der Waals surface area (Å²) in [6.07, 6.45) is 3.99. The molecule has 3 heteroatoms. The average Bonchev–Trinajstić information content (AvgIpc) is 2.66. The third-order valence-electron chi connectivity index (χ3n) is 3.41. The minimum atomic E-state index is 0.625. The Bertz CT molecular complexity index is 365. The van der Waals surface area contributed by atoms with E-state index in [1.165, 1.54) is 24.8 Å². The average molecular weight is 258 g/mol. The molecule has 1 aliphatic rings. The molecule has 1 aromatic carbocycles. The third-order valence-corrected chi connectivity index (χ3v) is 4.15. The Kier molecular flexibility index (Phi) is 4.12. The molecular formula is C13H17Cl2N. The summed E-state index contributed by atoms with van der Waals surface area (Å²) >= 11 is 11.9. The molecule has 0 radical (unpaired) electrons. The smallest absolute Gasteiger partial charge is 0.0595 e. The van der Waals surface area contributed by atoms with Crippen LogP contribution in [0.3, 0.4) is 0 Å². The lowest BCUT2D eigenvalue weighted by atomic mass is 10.1. The quantitative estimate of drug-likeness (QED) is 0.853. The van der Waals surface area contributed by atoms with Crippen LogP contribution >= 0.6 is 23.2 Å². The molecule has 88 valence electrons. The van der Waals surface area contributed by atoms with E-state index in [0.717, 1.165) is 12.5 Å². The van der Waals surface area contributed by atoms with Crippen molar-refractivity contribution in [1.82, 2.24) is 5.32 Å². The summed E-state index contributed by atoms with van der Waals surface area (Å²) in [7, 11) is 0. The molecule has 0 bridgehead atoms. The van der Waals surface area contributed by atoms with Gasteiger partial charge in [-0.1, -0.05) is 42.6 Å². The highest BCUT2D eigenvalue weighted by Gasteiger charge is 2.22. The molecule has 2 rings (SSSR count). The molecule has 0 spiro atoms. The first-order valence-corrected chi connectivity index (χ1v) is 6.59. The molecule has 0 saturated heterocycles. The Morgan fingerprint density at radius 3 is 2.69 bits per heavy atom. The fourth-order valence-corrected chi connectivity index (χ4v) is 2.67. The summed E-state index contributed by atoms with van der Waals surface area (Å²) in [6.45, 7) is 3.20. The van der Waals surface area contributed by atoms with Gasteiger partial charge in [-0.15, -0.1) is 0 Å². The first-order valence-electron chi connectivity index (χ1n) is 5.84. The Morgan fingerprint density at radius 1 is 1.25 bits per heavy atom. The van der Waals surface area contributed by atoms with Crippen molar-refractivity contribution >= 4 is 23.2 Å². The molecule has 16 heavy (non-hydrogen) atoms. The fourth-order valence-electron chi connectivity index (χ4n) is 2.35. The van der Waals surface area contributed by atoms with E-state index in [1.807, 2.05) is 18.2 Å². The van der Waals surface area contributed by atoms with Crippen LogP contribution < -0.4 is 5.32 Å². The van der Waals surface area contributed by atoms with Crippen LogP contribution in [0.4, 0.5) is 0 Å². The van der Waals surface area contributed by atoms with E-state index in [0.29, 0.717) is 16.1 Å². The maximum atomic E-state index is 5.98. The monoisotopic (exact) mass is 257 g/mol. The van der Waals surface area contributed by atoms with Gasteiger partial charge in [-0.3, -0.25) is 0 Å². The molecule has 2 atom stereocenters. The standard InChI is InChI=1S/C13H17Cl2N/c1-9-3-2-4-13(9)16-8-10-5-6-11(14)12(15)7-10/h5-7,9,13,16H,2-4,8H2,1H3. The van der Waals surface area contributed by atoms with Crippen LogP contribution in [0.15, 0.2) is 18.2 Å². The minimum absolute atomic E-state index is 0.625. The van der Waals surface area contributed by atoms with Gasteiger partial charge in [0.05, 0.1) is 10.0 Å². The predicted octanol–water partition coefficient (Wildman–Crippen LogP) is 4.27. The number of hydrogen-bond acceptors (Lipinski definition) is 1. The summed E-state index contributed by atoms with van der Waals surface area (Å²) in [5.74, 6) is 0.794. The third kappa shape index (κ3) is 2.91. The SMILES string of the molecule is CC1CCCC1NCc1ccc(Cl)c(Cl)c1. The normalized spacial score (nSPS) is 24.9. The lowest BCUT2D eigenvalue weighted by molar-refractivity contribution is 0.426. The highest BCUT2D eigenvalue weighted by molar-refractivity contribution is 6.42. The van der Waals surface area contributed by atoms with E-state index >= 15 is 0 Å². The summed E-state index contributed by atoms with van der Waals surface area (Å²) < 4.78 is 0. The van der Waals surface area contributed by atoms with E-state index in [9.17, 15) is 0 Å². The molecule has 0 aromatic heterocycles. The molecule has 1 nitrogen and oxygen atoms in total. The van der Waals surface area contributed by atoms with Gasteiger partial charge in [0.15, 0.2) is 0 Å². The molecule has 1 aromatic rings. The number of nitrogens with one attached hydrogen (secondary N) is 1. The van der Waals surface area contributed by atoms with Gasteiger partial charge in [0.1, 0.15) is 0 Å². The van der Waals surface area contributed by atoms with E-state index < -0.39 is 0 Å². The first kappa shape index (κ1) is 12.2. The van der Waals surface area contributed by atoms with Crippen LogP contribution in [-0.2, 0) is 6.54 Å². The number of hydrogen-bond donors (Lipinski definition) is 1. The van der Waals surface area contributed by atoms with Crippen LogP contribution in [0.2, 0.25) is 10.0 Å². The van der Waals surface area contributed by atoms with E-state index in [-0.39, 0.29) is 0 Å². The topological polar surface area (TPSA) is 12.0 Å². The molecule has 1 fully saturated rings. The Morgan fingerprint density at radius 2 is 2.06 bits per heavy atom. The number of benzene rings is 1. The zero-order valence-corrected chi connectivity index (χ0v) is 11.0. The Hall–Kier alpha value is -0.240. The molecule has 1 N–H and O–H groups in total. The van der Waals surface area contributed by atoms with E-state index in [4.69, 9.17) is 23.2 Å². The Balaban J connectivity index is 1.91. The van der Waals surface area contributed by atoms with E-state index in [2.05, 4.69) is 12.2 Å². The van der Waals surface area contributed by atoms with Crippen molar-refractivity contribution in [2.75, 3.05) is 0 Å². The van der Waals surface area contributed by atoms with Gasteiger partial charge in [-0.05, 0) is 36.5 Å². The van der Waals surface area contributed by atoms with Crippen molar-refractivity contribution in [2.24, 2.45) is 5.92 Å². The zero-order valence-electron chi connectivity index (χ0n) is 9.47. The van der Waals surface area contributed by atoms with Crippen LogP contribution in [0.1, 0.15) is 31.7 Å². The Labute approximate surface area is 107 Å². The molecule has 1 saturated carbocycles. The molecule has 1 aliphatic carbocycles. The lowest BCUT2D eigenvalue weighted by Crippen LogP contribution is -2.30. The first-order chi connectivity index (χ1) is 7.66. The van der Waals surface area contributed by atoms with Gasteiger partial charge in [0.2, 0.25) is 0 Å². The van der Waals surface area contributed by atoms with Gasteiger partial charge in [0.25, 0.3) is 0 Å². The van der Waals surface area contributed by atoms with Crippen molar-refractivity contribution in [3.63, 3.8) is 0 Å². The lowest BCUT2D eigenvalue weighted by Gasteiger charge is -2.17. The highest BCUT2D eigenvalue weighted by atomic mass is 35.5. The largest absolute Gasteiger partial charge is 0.310 e. The summed E-state index contributed by atoms with van der Waals surface area (Å²) in [6, 6.07) is 6.49. The van der Waals surface area contributed by atoms with Crippen molar-refractivity contribution in [1.29, 1.82) is 0 Å². The molecule has 0 heterocycles. The van der Waals surface area contributed by atoms with Gasteiger partial charge >= 0.3 is 0 Å². The highest BCUT2D eigenvalue weighted by Crippen LogP contribution is 2.26. The summed E-state index contributed by atoms with van der Waals surface area (Å²) in [5.41, 5.74) is 1.20. The molecule has 2 unspecified atom stereocenters. The van der Waals surface area contributed by atoms with Crippen molar-refractivity contribution in [3.8, 4) is 0 Å². The van der Waals surface area contributed by atoms with Crippen LogP contribution in [-0.4, -0.2) is 6.04 Å². The second kappa shape index (κ2) is 5.39. The maximum Gasteiger partial charge on any atom is 0.0595 e.